The van der Waals surface area contributed by atoms with Gasteiger partial charge in [-0.15, -0.1) is 24.0 Å². The zero-order valence-corrected chi connectivity index (χ0v) is 19.2. The van der Waals surface area contributed by atoms with Crippen LogP contribution in [0.2, 0.25) is 0 Å². The van der Waals surface area contributed by atoms with Crippen LogP contribution in [0.5, 0.6) is 0 Å². The van der Waals surface area contributed by atoms with Crippen molar-refractivity contribution in [2.75, 3.05) is 12.4 Å². The molecule has 6 heteroatoms. The molecule has 0 spiro atoms. The van der Waals surface area contributed by atoms with Crippen molar-refractivity contribution in [1.29, 1.82) is 0 Å². The van der Waals surface area contributed by atoms with Gasteiger partial charge in [0.1, 0.15) is 0 Å². The van der Waals surface area contributed by atoms with Crippen molar-refractivity contribution < 1.29 is 4.79 Å². The minimum atomic E-state index is 0. The van der Waals surface area contributed by atoms with Gasteiger partial charge in [-0.05, 0) is 41.7 Å². The van der Waals surface area contributed by atoms with Crippen molar-refractivity contribution in [2.24, 2.45) is 4.99 Å². The second kappa shape index (κ2) is 13.1. The van der Waals surface area contributed by atoms with Gasteiger partial charge in [0, 0.05) is 32.2 Å². The molecule has 0 aromatic heterocycles. The smallest absolute Gasteiger partial charge is 0.224 e. The number of amides is 1. The number of nitrogens with one attached hydrogen (secondary N) is 3. The number of benzene rings is 2. The van der Waals surface area contributed by atoms with E-state index in [-0.39, 0.29) is 29.9 Å². The van der Waals surface area contributed by atoms with Crippen LogP contribution in [0.4, 0.5) is 5.69 Å². The molecular weight excluding hydrogens is 463 g/mol. The van der Waals surface area contributed by atoms with Crippen LogP contribution in [0.3, 0.4) is 0 Å². The molecule has 152 valence electrons. The summed E-state index contributed by atoms with van der Waals surface area (Å²) in [6.07, 6.45) is 2.42. The SMILES string of the molecule is CCCC(=O)Nc1ccc(CNC(=NC)NCc2ccccc2CC)cc1.I. The summed E-state index contributed by atoms with van der Waals surface area (Å²) in [5.41, 5.74) is 4.59. The Morgan fingerprint density at radius 1 is 0.929 bits per heavy atom. The molecule has 0 heterocycles. The van der Waals surface area contributed by atoms with Crippen molar-refractivity contribution in [3.8, 4) is 0 Å². The van der Waals surface area contributed by atoms with Crippen molar-refractivity contribution in [1.82, 2.24) is 10.6 Å². The number of guanidine groups is 1. The van der Waals surface area contributed by atoms with Crippen molar-refractivity contribution >= 4 is 41.5 Å². The van der Waals surface area contributed by atoms with Gasteiger partial charge >= 0.3 is 0 Å². The van der Waals surface area contributed by atoms with Gasteiger partial charge < -0.3 is 16.0 Å². The summed E-state index contributed by atoms with van der Waals surface area (Å²) in [6.45, 7) is 5.57. The van der Waals surface area contributed by atoms with Crippen LogP contribution in [-0.2, 0) is 24.3 Å². The fourth-order valence-corrected chi connectivity index (χ4v) is 2.82. The largest absolute Gasteiger partial charge is 0.352 e. The normalized spacial score (nSPS) is 10.8. The maximum atomic E-state index is 11.6. The molecule has 0 saturated heterocycles. The summed E-state index contributed by atoms with van der Waals surface area (Å²) >= 11 is 0. The van der Waals surface area contributed by atoms with Gasteiger partial charge in [0.15, 0.2) is 5.96 Å². The van der Waals surface area contributed by atoms with E-state index < -0.39 is 0 Å². The van der Waals surface area contributed by atoms with Crippen LogP contribution in [-0.4, -0.2) is 18.9 Å². The first-order valence-corrected chi connectivity index (χ1v) is 9.56. The van der Waals surface area contributed by atoms with E-state index in [0.717, 1.165) is 36.6 Å². The lowest BCUT2D eigenvalue weighted by Gasteiger charge is -2.14. The highest BCUT2D eigenvalue weighted by Gasteiger charge is 2.03. The molecule has 1 amide bonds. The Labute approximate surface area is 185 Å². The number of carbonyl (C=O) groups is 1. The molecule has 2 rings (SSSR count). The molecule has 2 aromatic carbocycles. The summed E-state index contributed by atoms with van der Waals surface area (Å²) in [5, 5.41) is 9.59. The van der Waals surface area contributed by atoms with Gasteiger partial charge in [-0.2, -0.15) is 0 Å². The molecule has 0 bridgehead atoms. The highest BCUT2D eigenvalue weighted by molar-refractivity contribution is 14.0. The lowest BCUT2D eigenvalue weighted by Crippen LogP contribution is -2.36. The number of aryl methyl sites for hydroxylation is 1. The zero-order chi connectivity index (χ0) is 19.5. The number of anilines is 1. The van der Waals surface area contributed by atoms with Crippen molar-refractivity contribution in [3.05, 3.63) is 65.2 Å². The van der Waals surface area contributed by atoms with E-state index in [1.807, 2.05) is 31.2 Å². The second-order valence-corrected chi connectivity index (χ2v) is 6.40. The Balaban J connectivity index is 0.00000392. The van der Waals surface area contributed by atoms with E-state index in [1.54, 1.807) is 7.05 Å². The minimum absolute atomic E-state index is 0. The van der Waals surface area contributed by atoms with Crippen LogP contribution in [0.15, 0.2) is 53.5 Å². The number of aliphatic imine (C=N–C) groups is 1. The summed E-state index contributed by atoms with van der Waals surface area (Å²) in [4.78, 5) is 15.9. The molecule has 0 unspecified atom stereocenters. The lowest BCUT2D eigenvalue weighted by molar-refractivity contribution is -0.116. The van der Waals surface area contributed by atoms with Gasteiger partial charge in [0.05, 0.1) is 0 Å². The Morgan fingerprint density at radius 2 is 1.57 bits per heavy atom. The maximum Gasteiger partial charge on any atom is 0.224 e. The molecule has 28 heavy (non-hydrogen) atoms. The predicted molar refractivity (Wildman–Crippen MR) is 128 cm³/mol. The second-order valence-electron chi connectivity index (χ2n) is 6.40. The number of carbonyl (C=O) groups excluding carboxylic acids is 1. The molecular formula is C22H31IN4O. The topological polar surface area (TPSA) is 65.5 Å². The summed E-state index contributed by atoms with van der Waals surface area (Å²) in [5.74, 6) is 0.821. The van der Waals surface area contributed by atoms with E-state index in [9.17, 15) is 4.79 Å². The van der Waals surface area contributed by atoms with Gasteiger partial charge in [-0.1, -0.05) is 50.2 Å². The fraction of sp³-hybridized carbons (Fsp3) is 0.364. The Kier molecular flexibility index (Phi) is 11.2. The van der Waals surface area contributed by atoms with E-state index in [4.69, 9.17) is 0 Å². The molecule has 5 nitrogen and oxygen atoms in total. The molecule has 0 aliphatic rings. The van der Waals surface area contributed by atoms with Crippen LogP contribution in [0.1, 0.15) is 43.4 Å². The summed E-state index contributed by atoms with van der Waals surface area (Å²) in [6, 6.07) is 16.3. The highest BCUT2D eigenvalue weighted by atomic mass is 127. The fourth-order valence-electron chi connectivity index (χ4n) is 2.82. The number of halogens is 1. The zero-order valence-electron chi connectivity index (χ0n) is 16.9. The third-order valence-electron chi connectivity index (χ3n) is 4.34. The van der Waals surface area contributed by atoms with Gasteiger partial charge in [0.2, 0.25) is 5.91 Å². The van der Waals surface area contributed by atoms with Gasteiger partial charge in [-0.3, -0.25) is 9.79 Å². The van der Waals surface area contributed by atoms with Crippen LogP contribution in [0.25, 0.3) is 0 Å². The highest BCUT2D eigenvalue weighted by Crippen LogP contribution is 2.11. The van der Waals surface area contributed by atoms with E-state index in [1.165, 1.54) is 11.1 Å². The minimum Gasteiger partial charge on any atom is -0.352 e. The number of hydrogen-bond donors (Lipinski definition) is 3. The molecule has 0 fully saturated rings. The van der Waals surface area contributed by atoms with Crippen LogP contribution < -0.4 is 16.0 Å². The molecule has 2 aromatic rings. The predicted octanol–water partition coefficient (Wildman–Crippen LogP) is 4.47. The molecule has 0 aliphatic heterocycles. The first-order chi connectivity index (χ1) is 13.2. The van der Waals surface area contributed by atoms with E-state index in [0.29, 0.717) is 13.0 Å². The molecule has 0 atom stereocenters. The Morgan fingerprint density at radius 3 is 2.18 bits per heavy atom. The quantitative estimate of drug-likeness (QED) is 0.288. The lowest BCUT2D eigenvalue weighted by atomic mass is 10.1. The summed E-state index contributed by atoms with van der Waals surface area (Å²) in [7, 11) is 1.77. The molecule has 0 saturated carbocycles. The third kappa shape index (κ3) is 7.88. The standard InChI is InChI=1S/C22H30N4O.HI/c1-4-8-21(27)26-20-13-11-17(12-14-20)15-24-22(23-3)25-16-19-10-7-6-9-18(19)5-2;/h6-7,9-14H,4-5,8,15-16H2,1-3H3,(H,26,27)(H2,23,24,25);1H. The first-order valence-electron chi connectivity index (χ1n) is 9.56. The van der Waals surface area contributed by atoms with Crippen LogP contribution >= 0.6 is 24.0 Å². The third-order valence-corrected chi connectivity index (χ3v) is 4.34. The number of nitrogens with zero attached hydrogens (tertiary/aromatic N) is 1. The van der Waals surface area contributed by atoms with Crippen LogP contribution in [0, 0.1) is 0 Å². The molecule has 0 radical (unpaired) electrons. The Bertz CT molecular complexity index is 759. The van der Waals surface area contributed by atoms with Crippen molar-refractivity contribution in [2.45, 2.75) is 46.2 Å². The van der Waals surface area contributed by atoms with Gasteiger partial charge in [-0.25, -0.2) is 0 Å². The first kappa shape index (κ1) is 23.9. The van der Waals surface area contributed by atoms with E-state index >= 15 is 0 Å². The molecule has 0 aliphatic carbocycles. The van der Waals surface area contributed by atoms with Gasteiger partial charge in [0.25, 0.3) is 0 Å². The Hall–Kier alpha value is -2.09. The maximum absolute atomic E-state index is 11.6. The number of rotatable bonds is 8. The van der Waals surface area contributed by atoms with E-state index in [2.05, 4.69) is 52.1 Å². The van der Waals surface area contributed by atoms with Crippen molar-refractivity contribution in [3.63, 3.8) is 0 Å². The monoisotopic (exact) mass is 494 g/mol. The average molecular weight is 494 g/mol. The summed E-state index contributed by atoms with van der Waals surface area (Å²) < 4.78 is 0. The molecule has 3 N–H and O–H groups in total. The number of hydrogen-bond acceptors (Lipinski definition) is 2. The average Bonchev–Trinajstić information content (AvgIpc) is 2.69.